The number of piperazine rings is 1. The number of benzene rings is 3. The number of para-hydroxylation sites is 1. The van der Waals surface area contributed by atoms with Crippen molar-refractivity contribution in [1.29, 1.82) is 0 Å². The number of hydrogen-bond donors (Lipinski definition) is 2. The van der Waals surface area contributed by atoms with E-state index in [9.17, 15) is 19.2 Å². The van der Waals surface area contributed by atoms with E-state index in [0.29, 0.717) is 54.3 Å². The molecule has 0 bridgehead atoms. The molecule has 4 aromatic rings. The van der Waals surface area contributed by atoms with Crippen molar-refractivity contribution in [2.75, 3.05) is 58.3 Å². The molecule has 2 N–H and O–H groups in total. The average Bonchev–Trinajstić information content (AvgIpc) is 3.08. The first kappa shape index (κ1) is 34.7. The van der Waals surface area contributed by atoms with Crippen LogP contribution in [0.5, 0.6) is 0 Å². The fraction of sp³-hybridized carbons (Fsp3) is 0.351. The Morgan fingerprint density at radius 2 is 1.62 bits per heavy atom. The van der Waals surface area contributed by atoms with Crippen molar-refractivity contribution in [3.8, 4) is 0 Å². The largest absolute Gasteiger partial charge is 0.451 e. The van der Waals surface area contributed by atoms with Crippen LogP contribution in [-0.4, -0.2) is 86.9 Å². The normalized spacial score (nSPS) is 14.0. The maximum atomic E-state index is 14.0. The van der Waals surface area contributed by atoms with E-state index in [1.165, 1.54) is 6.07 Å². The van der Waals surface area contributed by atoms with Gasteiger partial charge in [0.15, 0.2) is 11.2 Å². The molecule has 1 atom stereocenters. The number of carbonyl (C=O) groups is 3. The molecule has 1 aliphatic rings. The van der Waals surface area contributed by atoms with E-state index in [4.69, 9.17) is 16.0 Å². The van der Waals surface area contributed by atoms with Gasteiger partial charge in [0.1, 0.15) is 11.6 Å². The van der Waals surface area contributed by atoms with Crippen LogP contribution in [-0.2, 0) is 11.2 Å². The zero-order chi connectivity index (χ0) is 34.4. The molecule has 0 saturated carbocycles. The highest BCUT2D eigenvalue weighted by molar-refractivity contribution is 6.30. The Morgan fingerprint density at radius 1 is 0.917 bits per heavy atom. The lowest BCUT2D eigenvalue weighted by Gasteiger charge is -2.38. The van der Waals surface area contributed by atoms with Gasteiger partial charge in [0.25, 0.3) is 11.8 Å². The first-order valence-corrected chi connectivity index (χ1v) is 16.6. The lowest BCUT2D eigenvalue weighted by Crippen LogP contribution is -2.55. The lowest BCUT2D eigenvalue weighted by atomic mass is 10.0. The van der Waals surface area contributed by atoms with E-state index in [0.717, 1.165) is 23.4 Å². The second kappa shape index (κ2) is 15.5. The van der Waals surface area contributed by atoms with Crippen LogP contribution in [0.25, 0.3) is 11.0 Å². The molecule has 0 spiro atoms. The van der Waals surface area contributed by atoms with E-state index in [1.54, 1.807) is 29.2 Å². The van der Waals surface area contributed by atoms with Crippen molar-refractivity contribution in [3.63, 3.8) is 0 Å². The van der Waals surface area contributed by atoms with Crippen molar-refractivity contribution in [3.05, 3.63) is 110 Å². The van der Waals surface area contributed by atoms with Gasteiger partial charge in [-0.3, -0.25) is 19.2 Å². The van der Waals surface area contributed by atoms with Crippen LogP contribution < -0.4 is 21.0 Å². The average molecular weight is 672 g/mol. The van der Waals surface area contributed by atoms with Gasteiger partial charge in [-0.2, -0.15) is 0 Å². The molecule has 1 aromatic heterocycles. The maximum absolute atomic E-state index is 14.0. The molecule has 2 heterocycles. The van der Waals surface area contributed by atoms with Gasteiger partial charge in [0.05, 0.1) is 10.9 Å². The molecule has 11 heteroatoms. The number of hydrogen-bond acceptors (Lipinski definition) is 7. The number of likely N-dealkylation sites (N-methyl/N-ethyl adjacent to an activating group) is 1. The number of fused-ring (bicyclic) bond motifs is 1. The number of amides is 3. The van der Waals surface area contributed by atoms with Crippen LogP contribution in [0.4, 0.5) is 5.69 Å². The van der Waals surface area contributed by atoms with Gasteiger partial charge >= 0.3 is 0 Å². The van der Waals surface area contributed by atoms with Gasteiger partial charge in [-0.05, 0) is 67.5 Å². The molecule has 1 fully saturated rings. The number of anilines is 1. The van der Waals surface area contributed by atoms with E-state index < -0.39 is 11.9 Å². The van der Waals surface area contributed by atoms with Gasteiger partial charge in [-0.25, -0.2) is 0 Å². The van der Waals surface area contributed by atoms with Gasteiger partial charge in [0, 0.05) is 62.5 Å². The molecule has 3 amide bonds. The zero-order valence-electron chi connectivity index (χ0n) is 27.8. The van der Waals surface area contributed by atoms with Crippen LogP contribution in [0.1, 0.15) is 51.8 Å². The monoisotopic (exact) mass is 671 g/mol. The van der Waals surface area contributed by atoms with Crippen molar-refractivity contribution in [1.82, 2.24) is 20.4 Å². The molecule has 3 aromatic carbocycles. The second-order valence-electron chi connectivity index (χ2n) is 12.6. The first-order chi connectivity index (χ1) is 23.0. The molecule has 10 nitrogen and oxygen atoms in total. The second-order valence-corrected chi connectivity index (χ2v) is 13.1. The third-order valence-electron chi connectivity index (χ3n) is 8.52. The molecule has 1 aliphatic heterocycles. The van der Waals surface area contributed by atoms with Gasteiger partial charge < -0.3 is 29.8 Å². The van der Waals surface area contributed by atoms with Crippen LogP contribution in [0, 0.1) is 0 Å². The van der Waals surface area contributed by atoms with Crippen molar-refractivity contribution >= 4 is 46.0 Å². The highest BCUT2D eigenvalue weighted by Crippen LogP contribution is 2.23. The summed E-state index contributed by atoms with van der Waals surface area (Å²) in [6.45, 7) is 7.14. The van der Waals surface area contributed by atoms with Gasteiger partial charge in [-0.15, -0.1) is 0 Å². The molecule has 0 radical (unpaired) electrons. The summed E-state index contributed by atoms with van der Waals surface area (Å²) in [5.74, 6) is -0.980. The molecular formula is C37H42ClN5O5. The molecule has 5 rings (SSSR count). The fourth-order valence-electron chi connectivity index (χ4n) is 5.75. The lowest BCUT2D eigenvalue weighted by molar-refractivity contribution is -0.133. The summed E-state index contributed by atoms with van der Waals surface area (Å²) < 4.78 is 5.86. The smallest absolute Gasteiger partial charge is 0.287 e. The number of nitrogens with zero attached hydrogens (tertiary/aromatic N) is 3. The molecular weight excluding hydrogens is 630 g/mol. The van der Waals surface area contributed by atoms with Crippen molar-refractivity contribution < 1.29 is 18.8 Å². The number of nitrogens with one attached hydrogen (secondary N) is 2. The van der Waals surface area contributed by atoms with Crippen molar-refractivity contribution in [2.45, 2.75) is 32.2 Å². The van der Waals surface area contributed by atoms with Crippen molar-refractivity contribution in [2.24, 2.45) is 0 Å². The Labute approximate surface area is 285 Å². The molecule has 48 heavy (non-hydrogen) atoms. The Balaban J connectivity index is 1.32. The van der Waals surface area contributed by atoms with E-state index in [-0.39, 0.29) is 35.3 Å². The topological polar surface area (TPSA) is 115 Å². The van der Waals surface area contributed by atoms with Gasteiger partial charge in [0.2, 0.25) is 5.91 Å². The molecule has 0 aliphatic carbocycles. The fourth-order valence-corrected chi connectivity index (χ4v) is 5.87. The minimum Gasteiger partial charge on any atom is -0.451 e. The van der Waals surface area contributed by atoms with E-state index >= 15 is 0 Å². The minimum atomic E-state index is -0.927. The van der Waals surface area contributed by atoms with Crippen LogP contribution in [0.15, 0.2) is 82.0 Å². The third kappa shape index (κ3) is 8.42. The number of carbonyl (C=O) groups excluding carboxylic acids is 3. The summed E-state index contributed by atoms with van der Waals surface area (Å²) in [6.07, 6.45) is 0.216. The Kier molecular flexibility index (Phi) is 11.2. The molecule has 1 saturated heterocycles. The summed E-state index contributed by atoms with van der Waals surface area (Å²) in [4.78, 5) is 59.4. The zero-order valence-corrected chi connectivity index (χ0v) is 28.5. The third-order valence-corrected chi connectivity index (χ3v) is 8.78. The summed E-state index contributed by atoms with van der Waals surface area (Å²) in [5.41, 5.74) is 3.18. The first-order valence-electron chi connectivity index (χ1n) is 16.2. The summed E-state index contributed by atoms with van der Waals surface area (Å²) >= 11 is 6.10. The summed E-state index contributed by atoms with van der Waals surface area (Å²) in [7, 11) is 3.91. The highest BCUT2D eigenvalue weighted by Gasteiger charge is 2.31. The van der Waals surface area contributed by atoms with Gasteiger partial charge in [-0.1, -0.05) is 55.8 Å². The quantitative estimate of drug-likeness (QED) is 0.241. The highest BCUT2D eigenvalue weighted by atomic mass is 35.5. The Hall–Kier alpha value is -4.67. The Bertz CT molecular complexity index is 1830. The SMILES string of the molecule is CC(C)c1ccc2oc(C(=O)N[C@H](Cc3ccc(Cl)cc3)C(=O)N3CCN(c4ccccc4C(=O)NCCN(C)C)CC3)cc(=O)c2c1. The summed E-state index contributed by atoms with van der Waals surface area (Å²) in [6, 6.07) is 20.2. The predicted octanol–water partition coefficient (Wildman–Crippen LogP) is 4.55. The number of halogens is 1. The minimum absolute atomic E-state index is 0.141. The molecule has 252 valence electrons. The van der Waals surface area contributed by atoms with Crippen LogP contribution >= 0.6 is 11.6 Å². The van der Waals surface area contributed by atoms with Crippen LogP contribution in [0.3, 0.4) is 0 Å². The van der Waals surface area contributed by atoms with Crippen LogP contribution in [0.2, 0.25) is 5.02 Å². The van der Waals surface area contributed by atoms with E-state index in [1.807, 2.05) is 75.3 Å². The van der Waals surface area contributed by atoms with E-state index in [2.05, 4.69) is 15.5 Å². The predicted molar refractivity (Wildman–Crippen MR) is 189 cm³/mol. The maximum Gasteiger partial charge on any atom is 0.287 e. The number of rotatable bonds is 11. The summed E-state index contributed by atoms with van der Waals surface area (Å²) in [5, 5.41) is 6.79. The Morgan fingerprint density at radius 3 is 2.31 bits per heavy atom. The molecule has 0 unspecified atom stereocenters. The standard InChI is InChI=1S/C37H42ClN5O5/c1-24(2)26-11-14-33-29(22-26)32(44)23-34(48-33)36(46)40-30(21-25-9-12-27(38)13-10-25)37(47)43-19-17-42(18-20-43)31-8-6-5-7-28(31)35(45)39-15-16-41(3)4/h5-14,22-24,30H,15-21H2,1-4H3,(H,39,45)(H,40,46)/t30-/m1/s1.